The Bertz CT molecular complexity index is 640. The number of rotatable bonds is 2. The SMILES string of the molecule is Cc1cc(NC(=O)c2cccc3c2CCCN3)nn1C. The first-order valence-electron chi connectivity index (χ1n) is 6.83. The molecule has 0 spiro atoms. The van der Waals surface area contributed by atoms with Crippen LogP contribution >= 0.6 is 0 Å². The monoisotopic (exact) mass is 270 g/mol. The normalized spacial score (nSPS) is 13.5. The zero-order valence-electron chi connectivity index (χ0n) is 11.7. The van der Waals surface area contributed by atoms with Crippen LogP contribution in [0.4, 0.5) is 11.5 Å². The number of fused-ring (bicyclic) bond motifs is 1. The summed E-state index contributed by atoms with van der Waals surface area (Å²) in [6.45, 7) is 2.93. The van der Waals surface area contributed by atoms with E-state index in [0.717, 1.165) is 41.9 Å². The molecule has 2 N–H and O–H groups in total. The van der Waals surface area contributed by atoms with Gasteiger partial charge in [0.25, 0.3) is 5.91 Å². The van der Waals surface area contributed by atoms with Gasteiger partial charge in [0.2, 0.25) is 0 Å². The molecule has 5 nitrogen and oxygen atoms in total. The third kappa shape index (κ3) is 2.27. The van der Waals surface area contributed by atoms with Crippen molar-refractivity contribution in [1.82, 2.24) is 9.78 Å². The molecule has 5 heteroatoms. The van der Waals surface area contributed by atoms with Crippen molar-refractivity contribution in [2.45, 2.75) is 19.8 Å². The second kappa shape index (κ2) is 5.00. The molecule has 0 saturated carbocycles. The summed E-state index contributed by atoms with van der Waals surface area (Å²) >= 11 is 0. The molecule has 2 aromatic rings. The minimum atomic E-state index is -0.0938. The van der Waals surface area contributed by atoms with Crippen molar-refractivity contribution in [2.24, 2.45) is 7.05 Å². The summed E-state index contributed by atoms with van der Waals surface area (Å²) in [4.78, 5) is 12.4. The van der Waals surface area contributed by atoms with Crippen molar-refractivity contribution in [2.75, 3.05) is 17.2 Å². The molecule has 0 fully saturated rings. The van der Waals surface area contributed by atoms with E-state index in [0.29, 0.717) is 5.82 Å². The first-order chi connectivity index (χ1) is 9.65. The van der Waals surface area contributed by atoms with Gasteiger partial charge in [-0.3, -0.25) is 9.48 Å². The van der Waals surface area contributed by atoms with Crippen LogP contribution in [0, 0.1) is 6.92 Å². The summed E-state index contributed by atoms with van der Waals surface area (Å²) < 4.78 is 1.75. The Morgan fingerprint density at radius 3 is 3.05 bits per heavy atom. The van der Waals surface area contributed by atoms with Gasteiger partial charge in [-0.25, -0.2) is 0 Å². The number of benzene rings is 1. The fourth-order valence-corrected chi connectivity index (χ4v) is 2.53. The van der Waals surface area contributed by atoms with E-state index in [4.69, 9.17) is 0 Å². The van der Waals surface area contributed by atoms with E-state index in [2.05, 4.69) is 15.7 Å². The third-order valence-corrected chi connectivity index (χ3v) is 3.70. The Morgan fingerprint density at radius 2 is 2.30 bits per heavy atom. The molecule has 0 radical (unpaired) electrons. The first kappa shape index (κ1) is 12.7. The Kier molecular flexibility index (Phi) is 3.18. The van der Waals surface area contributed by atoms with E-state index in [1.165, 1.54) is 0 Å². The largest absolute Gasteiger partial charge is 0.385 e. The zero-order valence-corrected chi connectivity index (χ0v) is 11.7. The molecule has 0 atom stereocenters. The van der Waals surface area contributed by atoms with Crippen LogP contribution in [0.3, 0.4) is 0 Å². The summed E-state index contributed by atoms with van der Waals surface area (Å²) in [5.74, 6) is 0.500. The van der Waals surface area contributed by atoms with Crippen molar-refractivity contribution in [3.8, 4) is 0 Å². The summed E-state index contributed by atoms with van der Waals surface area (Å²) in [5, 5.41) is 10.5. The van der Waals surface area contributed by atoms with Crippen LogP contribution in [0.2, 0.25) is 0 Å². The van der Waals surface area contributed by atoms with Crippen LogP contribution in [0.25, 0.3) is 0 Å². The smallest absolute Gasteiger partial charge is 0.257 e. The van der Waals surface area contributed by atoms with Gasteiger partial charge in [0.15, 0.2) is 5.82 Å². The fourth-order valence-electron chi connectivity index (χ4n) is 2.53. The van der Waals surface area contributed by atoms with Crippen molar-refractivity contribution in [3.05, 3.63) is 41.1 Å². The van der Waals surface area contributed by atoms with Gasteiger partial charge >= 0.3 is 0 Å². The second-order valence-electron chi connectivity index (χ2n) is 5.11. The predicted molar refractivity (Wildman–Crippen MR) is 79.2 cm³/mol. The Hall–Kier alpha value is -2.30. The molecule has 1 aromatic carbocycles. The quantitative estimate of drug-likeness (QED) is 0.880. The molecule has 0 unspecified atom stereocenters. The van der Waals surface area contributed by atoms with E-state index < -0.39 is 0 Å². The highest BCUT2D eigenvalue weighted by molar-refractivity contribution is 6.05. The number of aryl methyl sites for hydroxylation is 2. The highest BCUT2D eigenvalue weighted by Gasteiger charge is 2.18. The molecule has 1 aliphatic rings. The van der Waals surface area contributed by atoms with Gasteiger partial charge in [0.05, 0.1) is 0 Å². The lowest BCUT2D eigenvalue weighted by atomic mass is 9.97. The van der Waals surface area contributed by atoms with Gasteiger partial charge in [0.1, 0.15) is 0 Å². The Labute approximate surface area is 118 Å². The van der Waals surface area contributed by atoms with E-state index in [1.807, 2.05) is 38.2 Å². The Morgan fingerprint density at radius 1 is 1.45 bits per heavy atom. The standard InChI is InChI=1S/C15H18N4O/c1-10-9-14(18-19(10)2)17-15(20)12-5-3-7-13-11(12)6-4-8-16-13/h3,5,7,9,16H,4,6,8H2,1-2H3,(H,17,18,20). The minimum absolute atomic E-state index is 0.0938. The van der Waals surface area contributed by atoms with Gasteiger partial charge in [-0.15, -0.1) is 0 Å². The van der Waals surface area contributed by atoms with Gasteiger partial charge in [0, 0.05) is 36.6 Å². The lowest BCUT2D eigenvalue weighted by molar-refractivity contribution is 0.102. The molecule has 0 aliphatic carbocycles. The van der Waals surface area contributed by atoms with Crippen LogP contribution in [0.5, 0.6) is 0 Å². The van der Waals surface area contributed by atoms with E-state index >= 15 is 0 Å². The maximum Gasteiger partial charge on any atom is 0.257 e. The molecule has 3 rings (SSSR count). The molecule has 1 aliphatic heterocycles. The van der Waals surface area contributed by atoms with E-state index in [9.17, 15) is 4.79 Å². The summed E-state index contributed by atoms with van der Waals surface area (Å²) in [6, 6.07) is 7.68. The highest BCUT2D eigenvalue weighted by Crippen LogP contribution is 2.25. The van der Waals surface area contributed by atoms with E-state index in [-0.39, 0.29) is 5.91 Å². The van der Waals surface area contributed by atoms with Crippen molar-refractivity contribution >= 4 is 17.4 Å². The van der Waals surface area contributed by atoms with Gasteiger partial charge < -0.3 is 10.6 Å². The van der Waals surface area contributed by atoms with Crippen molar-refractivity contribution in [1.29, 1.82) is 0 Å². The van der Waals surface area contributed by atoms with Gasteiger partial charge in [-0.2, -0.15) is 5.10 Å². The summed E-state index contributed by atoms with van der Waals surface area (Å²) in [7, 11) is 1.86. The van der Waals surface area contributed by atoms with Crippen LogP contribution < -0.4 is 10.6 Å². The summed E-state index contributed by atoms with van der Waals surface area (Å²) in [6.07, 6.45) is 1.99. The molecular formula is C15H18N4O. The molecular weight excluding hydrogens is 252 g/mol. The van der Waals surface area contributed by atoms with E-state index in [1.54, 1.807) is 4.68 Å². The maximum atomic E-state index is 12.4. The van der Waals surface area contributed by atoms with Crippen LogP contribution in [-0.4, -0.2) is 22.2 Å². The van der Waals surface area contributed by atoms with Gasteiger partial charge in [-0.1, -0.05) is 6.07 Å². The number of aromatic nitrogens is 2. The van der Waals surface area contributed by atoms with Gasteiger partial charge in [-0.05, 0) is 37.5 Å². The summed E-state index contributed by atoms with van der Waals surface area (Å²) in [5.41, 5.74) is 3.92. The maximum absolute atomic E-state index is 12.4. The number of amides is 1. The number of anilines is 2. The lowest BCUT2D eigenvalue weighted by Crippen LogP contribution is -2.19. The van der Waals surface area contributed by atoms with Crippen molar-refractivity contribution in [3.63, 3.8) is 0 Å². The van der Waals surface area contributed by atoms with Crippen LogP contribution in [0.1, 0.15) is 28.0 Å². The lowest BCUT2D eigenvalue weighted by Gasteiger charge is -2.20. The molecule has 0 saturated heterocycles. The predicted octanol–water partition coefficient (Wildman–Crippen LogP) is 2.34. The molecule has 20 heavy (non-hydrogen) atoms. The fraction of sp³-hybridized carbons (Fsp3) is 0.333. The molecule has 0 bridgehead atoms. The average Bonchev–Trinajstić information content (AvgIpc) is 2.76. The molecule has 2 heterocycles. The number of nitrogens with one attached hydrogen (secondary N) is 2. The first-order valence-corrected chi connectivity index (χ1v) is 6.83. The number of nitrogens with zero attached hydrogens (tertiary/aromatic N) is 2. The third-order valence-electron chi connectivity index (χ3n) is 3.70. The molecule has 104 valence electrons. The topological polar surface area (TPSA) is 59.0 Å². The zero-order chi connectivity index (χ0) is 14.1. The van der Waals surface area contributed by atoms with Crippen LogP contribution in [-0.2, 0) is 13.5 Å². The highest BCUT2D eigenvalue weighted by atomic mass is 16.1. The van der Waals surface area contributed by atoms with Crippen LogP contribution in [0.15, 0.2) is 24.3 Å². The molecule has 1 aromatic heterocycles. The van der Waals surface area contributed by atoms with Crippen molar-refractivity contribution < 1.29 is 4.79 Å². The Balaban J connectivity index is 1.87. The molecule has 1 amide bonds. The number of carbonyl (C=O) groups excluding carboxylic acids is 1. The number of hydrogen-bond donors (Lipinski definition) is 2. The number of hydrogen-bond acceptors (Lipinski definition) is 3. The number of carbonyl (C=O) groups is 1. The second-order valence-corrected chi connectivity index (χ2v) is 5.11. The minimum Gasteiger partial charge on any atom is -0.385 e. The average molecular weight is 270 g/mol.